The third kappa shape index (κ3) is 3.65. The number of carbonyl (C=O) groups is 1. The fraction of sp³-hybridized carbons (Fsp3) is 0.133. The number of anilines is 2. The lowest BCUT2D eigenvalue weighted by molar-refractivity contribution is -0.118. The van der Waals surface area contributed by atoms with Crippen LogP contribution >= 0.6 is 11.6 Å². The van der Waals surface area contributed by atoms with Gasteiger partial charge in [-0.3, -0.25) is 4.79 Å². The summed E-state index contributed by atoms with van der Waals surface area (Å²) in [5, 5.41) is 3.10. The Morgan fingerprint density at radius 3 is 2.80 bits per heavy atom. The van der Waals surface area contributed by atoms with Gasteiger partial charge in [0.15, 0.2) is 6.61 Å². The van der Waals surface area contributed by atoms with E-state index in [-0.39, 0.29) is 12.5 Å². The Balaban J connectivity index is 1.96. The van der Waals surface area contributed by atoms with Crippen LogP contribution in [0.25, 0.3) is 0 Å². The molecular weight excluding hydrogens is 276 g/mol. The molecule has 0 saturated carbocycles. The van der Waals surface area contributed by atoms with Gasteiger partial charge in [-0.2, -0.15) is 0 Å². The van der Waals surface area contributed by atoms with E-state index in [2.05, 4.69) is 5.32 Å². The number of hydrogen-bond donors (Lipinski definition) is 2. The monoisotopic (exact) mass is 290 g/mol. The van der Waals surface area contributed by atoms with Crippen molar-refractivity contribution in [2.75, 3.05) is 17.7 Å². The molecular formula is C15H15ClN2O2. The Labute approximate surface area is 122 Å². The molecule has 2 aromatic rings. The second kappa shape index (κ2) is 6.30. The van der Waals surface area contributed by atoms with E-state index in [1.54, 1.807) is 18.2 Å². The molecule has 0 heterocycles. The highest BCUT2D eigenvalue weighted by Gasteiger charge is 2.08. The highest BCUT2D eigenvalue weighted by Crippen LogP contribution is 2.24. The van der Waals surface area contributed by atoms with Gasteiger partial charge in [-0.15, -0.1) is 0 Å². The van der Waals surface area contributed by atoms with Crippen LogP contribution in [0.4, 0.5) is 11.4 Å². The van der Waals surface area contributed by atoms with Gasteiger partial charge in [-0.25, -0.2) is 0 Å². The van der Waals surface area contributed by atoms with Crippen LogP contribution in [0.5, 0.6) is 5.75 Å². The molecule has 0 aliphatic heterocycles. The summed E-state index contributed by atoms with van der Waals surface area (Å²) in [6.07, 6.45) is 0. The predicted octanol–water partition coefficient (Wildman–Crippen LogP) is 3.25. The molecule has 0 radical (unpaired) electrons. The summed E-state index contributed by atoms with van der Waals surface area (Å²) in [7, 11) is 0. The number of hydrogen-bond acceptors (Lipinski definition) is 3. The first-order valence-electron chi connectivity index (χ1n) is 6.09. The van der Waals surface area contributed by atoms with Crippen molar-refractivity contribution >= 4 is 28.9 Å². The number of para-hydroxylation sites is 1. The maximum atomic E-state index is 11.8. The standard InChI is InChI=1S/C15H15ClN2O2/c1-10-4-2-3-5-14(10)20-9-15(19)18-13-8-11(17)6-7-12(13)16/h2-8H,9,17H2,1H3,(H,18,19). The lowest BCUT2D eigenvalue weighted by Crippen LogP contribution is -2.20. The Hall–Kier alpha value is -2.20. The minimum Gasteiger partial charge on any atom is -0.483 e. The van der Waals surface area contributed by atoms with Crippen molar-refractivity contribution in [3.8, 4) is 5.75 Å². The zero-order chi connectivity index (χ0) is 14.5. The van der Waals surface area contributed by atoms with E-state index >= 15 is 0 Å². The van der Waals surface area contributed by atoms with Crippen LogP contribution in [0.1, 0.15) is 5.56 Å². The zero-order valence-electron chi connectivity index (χ0n) is 11.0. The van der Waals surface area contributed by atoms with Crippen LogP contribution in [0.15, 0.2) is 42.5 Å². The van der Waals surface area contributed by atoms with E-state index in [1.165, 1.54) is 0 Å². The average molecular weight is 291 g/mol. The normalized spacial score (nSPS) is 10.1. The van der Waals surface area contributed by atoms with E-state index in [1.807, 2.05) is 31.2 Å². The molecule has 0 bridgehead atoms. The zero-order valence-corrected chi connectivity index (χ0v) is 11.8. The highest BCUT2D eigenvalue weighted by atomic mass is 35.5. The molecule has 0 atom stereocenters. The second-order valence-corrected chi connectivity index (χ2v) is 4.75. The topological polar surface area (TPSA) is 64.3 Å². The van der Waals surface area contributed by atoms with Gasteiger partial charge in [0.2, 0.25) is 0 Å². The third-order valence-electron chi connectivity index (χ3n) is 2.72. The van der Waals surface area contributed by atoms with Crippen molar-refractivity contribution < 1.29 is 9.53 Å². The molecule has 0 fully saturated rings. The van der Waals surface area contributed by atoms with Crippen LogP contribution in [0, 0.1) is 6.92 Å². The van der Waals surface area contributed by atoms with Crippen LogP contribution < -0.4 is 15.8 Å². The van der Waals surface area contributed by atoms with Gasteiger partial charge in [0.25, 0.3) is 5.91 Å². The number of amides is 1. The number of rotatable bonds is 4. The van der Waals surface area contributed by atoms with E-state index < -0.39 is 0 Å². The second-order valence-electron chi connectivity index (χ2n) is 4.34. The average Bonchev–Trinajstić information content (AvgIpc) is 2.42. The molecule has 5 heteroatoms. The molecule has 4 nitrogen and oxygen atoms in total. The molecule has 104 valence electrons. The van der Waals surface area contributed by atoms with E-state index in [9.17, 15) is 4.79 Å². The van der Waals surface area contributed by atoms with Crippen molar-refractivity contribution in [1.82, 2.24) is 0 Å². The first-order chi connectivity index (χ1) is 9.56. The van der Waals surface area contributed by atoms with Gasteiger partial charge < -0.3 is 15.8 Å². The number of halogens is 1. The summed E-state index contributed by atoms with van der Waals surface area (Å²) in [5.41, 5.74) is 7.63. The quantitative estimate of drug-likeness (QED) is 0.850. The minimum absolute atomic E-state index is 0.0873. The van der Waals surface area contributed by atoms with Crippen LogP contribution in [-0.2, 0) is 4.79 Å². The number of benzene rings is 2. The van der Waals surface area contributed by atoms with Gasteiger partial charge in [-0.1, -0.05) is 29.8 Å². The largest absolute Gasteiger partial charge is 0.483 e. The van der Waals surface area contributed by atoms with Crippen molar-refractivity contribution in [3.63, 3.8) is 0 Å². The first kappa shape index (κ1) is 14.2. The van der Waals surface area contributed by atoms with Crippen LogP contribution in [-0.4, -0.2) is 12.5 Å². The van der Waals surface area contributed by atoms with E-state index in [0.717, 1.165) is 5.56 Å². The van der Waals surface area contributed by atoms with Gasteiger partial charge in [0.1, 0.15) is 5.75 Å². The Bertz CT molecular complexity index is 629. The smallest absolute Gasteiger partial charge is 0.262 e. The molecule has 3 N–H and O–H groups in total. The summed E-state index contributed by atoms with van der Waals surface area (Å²) in [4.78, 5) is 11.8. The van der Waals surface area contributed by atoms with Gasteiger partial charge in [0.05, 0.1) is 10.7 Å². The van der Waals surface area contributed by atoms with Gasteiger partial charge in [-0.05, 0) is 36.8 Å². The third-order valence-corrected chi connectivity index (χ3v) is 3.05. The Morgan fingerprint density at radius 1 is 1.30 bits per heavy atom. The Kier molecular flexibility index (Phi) is 4.48. The van der Waals surface area contributed by atoms with Crippen molar-refractivity contribution in [2.24, 2.45) is 0 Å². The number of nitrogens with one attached hydrogen (secondary N) is 1. The number of aryl methyl sites for hydroxylation is 1. The summed E-state index contributed by atoms with van der Waals surface area (Å²) < 4.78 is 5.45. The summed E-state index contributed by atoms with van der Waals surface area (Å²) in [6.45, 7) is 1.83. The maximum absolute atomic E-state index is 11.8. The molecule has 0 aliphatic rings. The van der Waals surface area contributed by atoms with Crippen molar-refractivity contribution in [1.29, 1.82) is 0 Å². The fourth-order valence-corrected chi connectivity index (χ4v) is 1.85. The lowest BCUT2D eigenvalue weighted by atomic mass is 10.2. The summed E-state index contributed by atoms with van der Waals surface area (Å²) in [6, 6.07) is 12.4. The van der Waals surface area contributed by atoms with E-state index in [4.69, 9.17) is 22.1 Å². The van der Waals surface area contributed by atoms with Gasteiger partial charge in [0, 0.05) is 5.69 Å². The van der Waals surface area contributed by atoms with Gasteiger partial charge >= 0.3 is 0 Å². The molecule has 0 aliphatic carbocycles. The molecule has 2 rings (SSSR count). The molecule has 1 amide bonds. The fourth-order valence-electron chi connectivity index (χ4n) is 1.69. The molecule has 0 spiro atoms. The number of nitrogen functional groups attached to an aromatic ring is 1. The Morgan fingerprint density at radius 2 is 2.05 bits per heavy atom. The molecule has 0 unspecified atom stereocenters. The minimum atomic E-state index is -0.291. The maximum Gasteiger partial charge on any atom is 0.262 e. The first-order valence-corrected chi connectivity index (χ1v) is 6.47. The predicted molar refractivity (Wildman–Crippen MR) is 81.2 cm³/mol. The SMILES string of the molecule is Cc1ccccc1OCC(=O)Nc1cc(N)ccc1Cl. The van der Waals surface area contributed by atoms with E-state index in [0.29, 0.717) is 22.1 Å². The molecule has 20 heavy (non-hydrogen) atoms. The molecule has 0 saturated heterocycles. The lowest BCUT2D eigenvalue weighted by Gasteiger charge is -2.10. The highest BCUT2D eigenvalue weighted by molar-refractivity contribution is 6.33. The van der Waals surface area contributed by atoms with Crippen molar-refractivity contribution in [2.45, 2.75) is 6.92 Å². The summed E-state index contributed by atoms with van der Waals surface area (Å²) in [5.74, 6) is 0.391. The number of ether oxygens (including phenoxy) is 1. The summed E-state index contributed by atoms with van der Waals surface area (Å²) >= 11 is 5.97. The molecule has 2 aromatic carbocycles. The number of nitrogens with two attached hydrogens (primary N) is 1. The van der Waals surface area contributed by atoms with Crippen LogP contribution in [0.3, 0.4) is 0 Å². The number of carbonyl (C=O) groups excluding carboxylic acids is 1. The molecule has 0 aromatic heterocycles. The van der Waals surface area contributed by atoms with Crippen LogP contribution in [0.2, 0.25) is 5.02 Å². The van der Waals surface area contributed by atoms with Crippen molar-refractivity contribution in [3.05, 3.63) is 53.1 Å².